The van der Waals surface area contributed by atoms with Crippen LogP contribution in [-0.4, -0.2) is 24.6 Å². The van der Waals surface area contributed by atoms with Crippen molar-refractivity contribution in [2.45, 2.75) is 79.1 Å². The second-order valence-corrected chi connectivity index (χ2v) is 14.3. The van der Waals surface area contributed by atoms with Gasteiger partial charge >= 0.3 is 0 Å². The lowest BCUT2D eigenvalue weighted by molar-refractivity contribution is 0.329. The van der Waals surface area contributed by atoms with E-state index in [1.54, 1.807) is 0 Å². The van der Waals surface area contributed by atoms with Gasteiger partial charge in [0, 0.05) is 24.6 Å². The molecule has 0 saturated heterocycles. The van der Waals surface area contributed by atoms with Crippen molar-refractivity contribution < 1.29 is 13.6 Å². The van der Waals surface area contributed by atoms with E-state index in [0.29, 0.717) is 18.1 Å². The van der Waals surface area contributed by atoms with Crippen LogP contribution in [0.15, 0.2) is 12.1 Å². The minimum atomic E-state index is -2.67. The predicted molar refractivity (Wildman–Crippen MR) is 120 cm³/mol. The number of rotatable bonds is 8. The molecule has 0 atom stereocenters. The van der Waals surface area contributed by atoms with Crippen LogP contribution >= 0.6 is 15.5 Å². The fourth-order valence-corrected chi connectivity index (χ4v) is 6.07. The van der Waals surface area contributed by atoms with Crippen molar-refractivity contribution >= 4 is 15.5 Å². The van der Waals surface area contributed by atoms with E-state index >= 15 is 0 Å². The van der Waals surface area contributed by atoms with Crippen molar-refractivity contribution in [2.75, 3.05) is 24.6 Å². The molecule has 27 heavy (non-hydrogen) atoms. The summed E-state index contributed by atoms with van der Waals surface area (Å²) >= 11 is 0. The molecule has 0 saturated carbocycles. The molecule has 0 radical (unpaired) electrons. The monoisotopic (exact) mass is 412 g/mol. The van der Waals surface area contributed by atoms with Gasteiger partial charge in [-0.3, -0.25) is 4.57 Å². The molecule has 0 fully saturated rings. The molecule has 154 valence electrons. The maximum Gasteiger partial charge on any atom is 0.247 e. The van der Waals surface area contributed by atoms with Crippen LogP contribution in [-0.2, 0) is 15.4 Å². The summed E-state index contributed by atoms with van der Waals surface area (Å²) in [5.41, 5.74) is 2.87. The van der Waals surface area contributed by atoms with Crippen molar-refractivity contribution in [1.29, 1.82) is 0 Å². The molecule has 1 aromatic carbocycles. The van der Waals surface area contributed by atoms with Gasteiger partial charge in [0.2, 0.25) is 7.37 Å². The molecular weight excluding hydrogens is 374 g/mol. The van der Waals surface area contributed by atoms with Gasteiger partial charge in [0.25, 0.3) is 0 Å². The first kappa shape index (κ1) is 22.8. The fourth-order valence-electron chi connectivity index (χ4n) is 3.74. The molecular formula is C22H38O3P2. The molecule has 0 aromatic heterocycles. The largest absolute Gasteiger partial charge is 0.470 e. The number of hydrogen-bond donors (Lipinski definition) is 0. The summed E-state index contributed by atoms with van der Waals surface area (Å²) in [5.74, 6) is 1.47. The van der Waals surface area contributed by atoms with Crippen LogP contribution in [0.2, 0.25) is 0 Å². The lowest BCUT2D eigenvalue weighted by atomic mass is 9.63. The standard InChI is InChI=1S/C22H38O3P2/c1-9-26(10-2)24-19-15-17-18(22(7,8)14-13-21(17,5)6)16-20(19)25-27(23,11-3)12-4/h15-16H,9-14H2,1-8H3. The van der Waals surface area contributed by atoms with Gasteiger partial charge in [0.05, 0.1) is 8.15 Å². The first-order valence-corrected chi connectivity index (χ1v) is 14.0. The third-order valence-corrected chi connectivity index (χ3v) is 10.4. The Hall–Kier alpha value is -0.520. The molecule has 0 N–H and O–H groups in total. The summed E-state index contributed by atoms with van der Waals surface area (Å²) in [4.78, 5) is 0. The van der Waals surface area contributed by atoms with Crippen LogP contribution in [0.1, 0.15) is 79.4 Å². The Morgan fingerprint density at radius 2 is 1.33 bits per heavy atom. The predicted octanol–water partition coefficient (Wildman–Crippen LogP) is 7.55. The smallest absolute Gasteiger partial charge is 0.247 e. The second-order valence-electron chi connectivity index (χ2n) is 8.86. The highest BCUT2D eigenvalue weighted by Crippen LogP contribution is 2.55. The zero-order chi connectivity index (χ0) is 20.5. The molecule has 0 heterocycles. The van der Waals surface area contributed by atoms with E-state index in [9.17, 15) is 4.57 Å². The summed E-state index contributed by atoms with van der Waals surface area (Å²) in [6.45, 7) is 17.5. The topological polar surface area (TPSA) is 35.5 Å². The summed E-state index contributed by atoms with van der Waals surface area (Å²) in [6, 6.07) is 4.34. The lowest BCUT2D eigenvalue weighted by Gasteiger charge is -2.42. The zero-order valence-corrected chi connectivity index (χ0v) is 20.3. The Morgan fingerprint density at radius 3 is 1.74 bits per heavy atom. The van der Waals surface area contributed by atoms with E-state index in [-0.39, 0.29) is 10.8 Å². The highest BCUT2D eigenvalue weighted by Gasteiger charge is 2.39. The summed E-state index contributed by atoms with van der Waals surface area (Å²) in [7, 11) is -3.21. The second kappa shape index (κ2) is 8.46. The molecule has 5 heteroatoms. The quantitative estimate of drug-likeness (QED) is 0.414. The highest BCUT2D eigenvalue weighted by atomic mass is 31.2. The Bertz CT molecular complexity index is 698. The van der Waals surface area contributed by atoms with E-state index in [2.05, 4.69) is 53.7 Å². The summed E-state index contributed by atoms with van der Waals surface area (Å²) < 4.78 is 25.7. The Kier molecular flexibility index (Phi) is 7.13. The molecule has 3 nitrogen and oxygen atoms in total. The Morgan fingerprint density at radius 1 is 0.889 bits per heavy atom. The number of benzene rings is 1. The lowest BCUT2D eigenvalue weighted by Crippen LogP contribution is -2.33. The van der Waals surface area contributed by atoms with Gasteiger partial charge in [0.1, 0.15) is 0 Å². The molecule has 1 aliphatic carbocycles. The van der Waals surface area contributed by atoms with Gasteiger partial charge in [-0.15, -0.1) is 0 Å². The van der Waals surface area contributed by atoms with Gasteiger partial charge in [-0.1, -0.05) is 55.4 Å². The normalized spacial score (nSPS) is 18.3. The van der Waals surface area contributed by atoms with Gasteiger partial charge in [-0.05, 0) is 46.9 Å². The van der Waals surface area contributed by atoms with Gasteiger partial charge in [-0.2, -0.15) is 0 Å². The van der Waals surface area contributed by atoms with Crippen molar-refractivity contribution in [3.63, 3.8) is 0 Å². The van der Waals surface area contributed by atoms with Crippen LogP contribution in [0.25, 0.3) is 0 Å². The van der Waals surface area contributed by atoms with Crippen LogP contribution in [0, 0.1) is 0 Å². The van der Waals surface area contributed by atoms with E-state index in [1.165, 1.54) is 11.1 Å². The van der Waals surface area contributed by atoms with E-state index in [4.69, 9.17) is 9.05 Å². The third kappa shape index (κ3) is 4.91. The van der Waals surface area contributed by atoms with Crippen molar-refractivity contribution in [1.82, 2.24) is 0 Å². The molecule has 0 bridgehead atoms. The maximum absolute atomic E-state index is 13.1. The zero-order valence-electron chi connectivity index (χ0n) is 18.5. The minimum Gasteiger partial charge on any atom is -0.470 e. The van der Waals surface area contributed by atoms with Crippen LogP contribution < -0.4 is 9.05 Å². The van der Waals surface area contributed by atoms with Crippen molar-refractivity contribution in [2.24, 2.45) is 0 Å². The van der Waals surface area contributed by atoms with E-state index < -0.39 is 15.5 Å². The molecule has 0 unspecified atom stereocenters. The number of hydrogen-bond acceptors (Lipinski definition) is 3. The highest BCUT2D eigenvalue weighted by molar-refractivity contribution is 7.59. The van der Waals surface area contributed by atoms with Crippen molar-refractivity contribution in [3.05, 3.63) is 23.3 Å². The summed E-state index contributed by atoms with van der Waals surface area (Å²) in [5, 5.41) is 0. The minimum absolute atomic E-state index is 0.0875. The van der Waals surface area contributed by atoms with Crippen LogP contribution in [0.4, 0.5) is 0 Å². The van der Waals surface area contributed by atoms with E-state index in [0.717, 1.165) is 30.9 Å². The SMILES string of the molecule is CCP(CC)Oc1cc2c(cc1OP(=O)(CC)CC)C(C)(C)CCC2(C)C. The summed E-state index contributed by atoms with van der Waals surface area (Å²) in [6.07, 6.45) is 5.41. The molecule has 1 aromatic rings. The first-order valence-electron chi connectivity index (χ1n) is 10.4. The van der Waals surface area contributed by atoms with Gasteiger partial charge in [0.15, 0.2) is 11.5 Å². The molecule has 1 aliphatic rings. The van der Waals surface area contributed by atoms with E-state index in [1.807, 2.05) is 13.8 Å². The van der Waals surface area contributed by atoms with Gasteiger partial charge < -0.3 is 9.05 Å². The number of fused-ring (bicyclic) bond motifs is 1. The van der Waals surface area contributed by atoms with Crippen molar-refractivity contribution in [3.8, 4) is 11.5 Å². The Labute approximate surface area is 167 Å². The molecule has 0 spiro atoms. The first-order chi connectivity index (χ1) is 12.5. The molecule has 0 aliphatic heterocycles. The average molecular weight is 412 g/mol. The molecule has 2 rings (SSSR count). The fraction of sp³-hybridized carbons (Fsp3) is 0.727. The third-order valence-electron chi connectivity index (χ3n) is 6.08. The Balaban J connectivity index is 2.63. The maximum atomic E-state index is 13.1. The molecule has 0 amide bonds. The van der Waals surface area contributed by atoms with Crippen LogP contribution in [0.5, 0.6) is 11.5 Å². The van der Waals surface area contributed by atoms with Gasteiger partial charge in [-0.25, -0.2) is 0 Å². The van der Waals surface area contributed by atoms with Crippen LogP contribution in [0.3, 0.4) is 0 Å². The average Bonchev–Trinajstić information content (AvgIpc) is 2.64.